The number of nitrogens with one attached hydrogen (secondary N) is 1. The Bertz CT molecular complexity index is 1110. The fraction of sp³-hybridized carbons (Fsp3) is 0.273. The smallest absolute Gasteiger partial charge is 0.262 e. The SMILES string of the molecule is Cc1cc(NS(=O)(=O)c2cccc3c(N(C)C)cccc23)ccc1OC(C)C. The number of rotatable bonds is 6. The lowest BCUT2D eigenvalue weighted by Crippen LogP contribution is -2.14. The number of benzene rings is 3. The van der Waals surface area contributed by atoms with Gasteiger partial charge >= 0.3 is 0 Å². The van der Waals surface area contributed by atoms with Gasteiger partial charge in [-0.05, 0) is 56.7 Å². The molecule has 0 aliphatic heterocycles. The van der Waals surface area contributed by atoms with Crippen molar-refractivity contribution in [3.8, 4) is 5.75 Å². The average Bonchev–Trinajstić information content (AvgIpc) is 2.62. The van der Waals surface area contributed by atoms with Crippen LogP contribution in [0.5, 0.6) is 5.75 Å². The minimum atomic E-state index is -3.74. The van der Waals surface area contributed by atoms with Crippen LogP contribution in [-0.4, -0.2) is 28.6 Å². The fourth-order valence-corrected chi connectivity index (χ4v) is 4.47. The van der Waals surface area contributed by atoms with Crippen molar-refractivity contribution in [2.75, 3.05) is 23.7 Å². The summed E-state index contributed by atoms with van der Waals surface area (Å²) < 4.78 is 34.7. The first-order valence-electron chi connectivity index (χ1n) is 9.18. The van der Waals surface area contributed by atoms with E-state index in [1.54, 1.807) is 30.3 Å². The van der Waals surface area contributed by atoms with Crippen molar-refractivity contribution >= 4 is 32.2 Å². The number of nitrogens with zero attached hydrogens (tertiary/aromatic N) is 1. The highest BCUT2D eigenvalue weighted by molar-refractivity contribution is 7.93. The summed E-state index contributed by atoms with van der Waals surface area (Å²) in [7, 11) is 0.140. The Labute approximate surface area is 167 Å². The zero-order valence-corrected chi connectivity index (χ0v) is 17.7. The summed E-state index contributed by atoms with van der Waals surface area (Å²) >= 11 is 0. The standard InChI is InChI=1S/C22H26N2O3S/c1-15(2)27-21-13-12-17(14-16(21)3)23-28(25,26)22-11-7-8-18-19(22)9-6-10-20(18)24(4)5/h6-15,23H,1-5H3. The number of ether oxygens (including phenoxy) is 1. The second-order valence-corrected chi connectivity index (χ2v) is 8.93. The molecule has 0 radical (unpaired) electrons. The predicted octanol–water partition coefficient (Wildman–Crippen LogP) is 4.80. The molecule has 28 heavy (non-hydrogen) atoms. The van der Waals surface area contributed by atoms with Crippen LogP contribution in [0.25, 0.3) is 10.8 Å². The van der Waals surface area contributed by atoms with Gasteiger partial charge in [0, 0.05) is 36.2 Å². The summed E-state index contributed by atoms with van der Waals surface area (Å²) in [5, 5.41) is 1.59. The van der Waals surface area contributed by atoms with E-state index in [-0.39, 0.29) is 11.0 Å². The second-order valence-electron chi connectivity index (χ2n) is 7.28. The topological polar surface area (TPSA) is 58.6 Å². The van der Waals surface area contributed by atoms with Gasteiger partial charge in [-0.25, -0.2) is 8.42 Å². The summed E-state index contributed by atoms with van der Waals surface area (Å²) in [6, 6.07) is 16.3. The van der Waals surface area contributed by atoms with Gasteiger partial charge in [0.05, 0.1) is 11.0 Å². The summed E-state index contributed by atoms with van der Waals surface area (Å²) in [5.41, 5.74) is 2.36. The zero-order valence-electron chi connectivity index (χ0n) is 16.9. The number of aryl methyl sites for hydroxylation is 1. The van der Waals surface area contributed by atoms with Crippen LogP contribution in [0.4, 0.5) is 11.4 Å². The summed E-state index contributed by atoms with van der Waals surface area (Å²) in [6.07, 6.45) is 0.0582. The largest absolute Gasteiger partial charge is 0.491 e. The Morgan fingerprint density at radius 1 is 0.964 bits per heavy atom. The van der Waals surface area contributed by atoms with E-state index in [2.05, 4.69) is 4.72 Å². The number of anilines is 2. The first-order chi connectivity index (χ1) is 13.2. The first kappa shape index (κ1) is 20.0. The van der Waals surface area contributed by atoms with E-state index in [1.807, 2.05) is 64.0 Å². The fourth-order valence-electron chi connectivity index (χ4n) is 3.20. The molecule has 0 aromatic heterocycles. The zero-order chi connectivity index (χ0) is 20.5. The third-order valence-corrected chi connectivity index (χ3v) is 5.86. The molecule has 0 spiro atoms. The van der Waals surface area contributed by atoms with Crippen LogP contribution in [0.2, 0.25) is 0 Å². The molecule has 0 aliphatic carbocycles. The van der Waals surface area contributed by atoms with E-state index in [9.17, 15) is 8.42 Å². The van der Waals surface area contributed by atoms with Gasteiger partial charge < -0.3 is 9.64 Å². The molecule has 0 unspecified atom stereocenters. The third kappa shape index (κ3) is 4.07. The van der Waals surface area contributed by atoms with Gasteiger partial charge in [0.15, 0.2) is 0 Å². The van der Waals surface area contributed by atoms with E-state index in [4.69, 9.17) is 4.74 Å². The Balaban J connectivity index is 2.00. The number of fused-ring (bicyclic) bond motifs is 1. The summed E-state index contributed by atoms with van der Waals surface area (Å²) in [5.74, 6) is 0.749. The number of hydrogen-bond acceptors (Lipinski definition) is 4. The van der Waals surface area contributed by atoms with E-state index in [1.165, 1.54) is 0 Å². The van der Waals surface area contributed by atoms with E-state index in [0.29, 0.717) is 11.1 Å². The van der Waals surface area contributed by atoms with Crippen LogP contribution in [0, 0.1) is 6.92 Å². The molecule has 1 N–H and O–H groups in total. The normalized spacial score (nSPS) is 11.6. The van der Waals surface area contributed by atoms with Crippen molar-refractivity contribution in [2.45, 2.75) is 31.8 Å². The molecule has 0 saturated heterocycles. The Morgan fingerprint density at radius 2 is 1.64 bits per heavy atom. The summed E-state index contributed by atoms with van der Waals surface area (Å²) in [6.45, 7) is 5.81. The van der Waals surface area contributed by atoms with Crippen molar-refractivity contribution in [1.82, 2.24) is 0 Å². The van der Waals surface area contributed by atoms with Crippen LogP contribution < -0.4 is 14.4 Å². The first-order valence-corrected chi connectivity index (χ1v) is 10.7. The Hall–Kier alpha value is -2.73. The lowest BCUT2D eigenvalue weighted by atomic mass is 10.1. The Morgan fingerprint density at radius 3 is 2.29 bits per heavy atom. The maximum absolute atomic E-state index is 13.1. The van der Waals surface area contributed by atoms with Crippen molar-refractivity contribution in [1.29, 1.82) is 0 Å². The number of sulfonamides is 1. The Kier molecular flexibility index (Phi) is 5.52. The molecule has 3 rings (SSSR count). The van der Waals surface area contributed by atoms with Gasteiger partial charge in [-0.2, -0.15) is 0 Å². The van der Waals surface area contributed by atoms with Gasteiger partial charge in [-0.1, -0.05) is 24.3 Å². The maximum atomic E-state index is 13.1. The predicted molar refractivity (Wildman–Crippen MR) is 116 cm³/mol. The highest BCUT2D eigenvalue weighted by atomic mass is 32.2. The molecule has 0 saturated carbocycles. The molecule has 0 atom stereocenters. The highest BCUT2D eigenvalue weighted by Gasteiger charge is 2.19. The summed E-state index contributed by atoms with van der Waals surface area (Å²) in [4.78, 5) is 2.23. The third-order valence-electron chi connectivity index (χ3n) is 4.42. The van der Waals surface area contributed by atoms with Crippen LogP contribution >= 0.6 is 0 Å². The molecule has 0 fully saturated rings. The van der Waals surface area contributed by atoms with Gasteiger partial charge in [0.25, 0.3) is 10.0 Å². The molecule has 3 aromatic carbocycles. The molecule has 0 amide bonds. The molecule has 5 nitrogen and oxygen atoms in total. The van der Waals surface area contributed by atoms with E-state index in [0.717, 1.165) is 22.4 Å². The molecule has 0 heterocycles. The monoisotopic (exact) mass is 398 g/mol. The molecular weight excluding hydrogens is 372 g/mol. The quantitative estimate of drug-likeness (QED) is 0.648. The highest BCUT2D eigenvalue weighted by Crippen LogP contribution is 2.31. The van der Waals surface area contributed by atoms with E-state index < -0.39 is 10.0 Å². The molecule has 0 aliphatic rings. The average molecular weight is 399 g/mol. The molecule has 6 heteroatoms. The van der Waals surface area contributed by atoms with Crippen molar-refractivity contribution in [3.05, 3.63) is 60.2 Å². The van der Waals surface area contributed by atoms with Crippen LogP contribution in [0.3, 0.4) is 0 Å². The molecule has 148 valence electrons. The van der Waals surface area contributed by atoms with E-state index >= 15 is 0 Å². The lowest BCUT2D eigenvalue weighted by Gasteiger charge is -2.18. The van der Waals surface area contributed by atoms with Gasteiger partial charge in [-0.15, -0.1) is 0 Å². The molecular formula is C22H26N2O3S. The van der Waals surface area contributed by atoms with Crippen LogP contribution in [0.1, 0.15) is 19.4 Å². The number of hydrogen-bond donors (Lipinski definition) is 1. The van der Waals surface area contributed by atoms with Crippen molar-refractivity contribution < 1.29 is 13.2 Å². The lowest BCUT2D eigenvalue weighted by molar-refractivity contribution is 0.241. The maximum Gasteiger partial charge on any atom is 0.262 e. The van der Waals surface area contributed by atoms with Gasteiger partial charge in [0.1, 0.15) is 5.75 Å². The van der Waals surface area contributed by atoms with Crippen molar-refractivity contribution in [2.24, 2.45) is 0 Å². The van der Waals surface area contributed by atoms with Crippen LogP contribution in [-0.2, 0) is 10.0 Å². The van der Waals surface area contributed by atoms with Gasteiger partial charge in [0.2, 0.25) is 0 Å². The molecule has 0 bridgehead atoms. The van der Waals surface area contributed by atoms with Crippen molar-refractivity contribution in [3.63, 3.8) is 0 Å². The van der Waals surface area contributed by atoms with Crippen LogP contribution in [0.15, 0.2) is 59.5 Å². The second kappa shape index (κ2) is 7.72. The minimum Gasteiger partial charge on any atom is -0.491 e. The molecule has 3 aromatic rings. The van der Waals surface area contributed by atoms with Gasteiger partial charge in [-0.3, -0.25) is 4.72 Å². The minimum absolute atomic E-state index is 0.0582.